The first kappa shape index (κ1) is 11.5. The standard InChI is InChI=1S/C14H24N2O/c1-16-6-2-3-12(9-16)14(17)15-13-8-10-4-5-11(13)7-10/h10-13H,2-9H2,1H3,(H,15,17)/t10-,11+,12+,13+/m0/s1. The van der Waals surface area contributed by atoms with Crippen LogP contribution in [0.2, 0.25) is 0 Å². The quantitative estimate of drug-likeness (QED) is 0.790. The minimum atomic E-state index is 0.243. The molecule has 3 aliphatic rings. The molecule has 0 unspecified atom stereocenters. The normalized spacial score (nSPS) is 41.7. The highest BCUT2D eigenvalue weighted by Crippen LogP contribution is 2.44. The number of fused-ring (bicyclic) bond motifs is 2. The summed E-state index contributed by atoms with van der Waals surface area (Å²) in [5, 5.41) is 3.33. The molecule has 3 fully saturated rings. The molecule has 3 rings (SSSR count). The lowest BCUT2D eigenvalue weighted by Crippen LogP contribution is -2.46. The number of amides is 1. The van der Waals surface area contributed by atoms with Gasteiger partial charge in [0.05, 0.1) is 5.92 Å². The Labute approximate surface area is 104 Å². The van der Waals surface area contributed by atoms with Gasteiger partial charge in [0.15, 0.2) is 0 Å². The SMILES string of the molecule is CN1CCC[C@@H](C(=O)N[C@@H]2C[C@H]3CC[C@@H]2C3)C1. The van der Waals surface area contributed by atoms with Gasteiger partial charge in [0.2, 0.25) is 5.91 Å². The van der Waals surface area contributed by atoms with Gasteiger partial charge in [-0.3, -0.25) is 4.79 Å². The predicted octanol–water partition coefficient (Wildman–Crippen LogP) is 1.63. The molecule has 1 amide bonds. The van der Waals surface area contributed by atoms with Crippen LogP contribution in [0.1, 0.15) is 38.5 Å². The molecule has 2 aliphatic carbocycles. The van der Waals surface area contributed by atoms with Gasteiger partial charge in [0, 0.05) is 12.6 Å². The van der Waals surface area contributed by atoms with Gasteiger partial charge in [0.25, 0.3) is 0 Å². The van der Waals surface area contributed by atoms with Crippen molar-refractivity contribution < 1.29 is 4.79 Å². The van der Waals surface area contributed by atoms with E-state index in [-0.39, 0.29) is 5.92 Å². The fourth-order valence-corrected chi connectivity index (χ4v) is 4.10. The Morgan fingerprint density at radius 1 is 1.24 bits per heavy atom. The van der Waals surface area contributed by atoms with Crippen molar-refractivity contribution in [3.63, 3.8) is 0 Å². The van der Waals surface area contributed by atoms with Crippen LogP contribution in [0.3, 0.4) is 0 Å². The second kappa shape index (κ2) is 4.60. The van der Waals surface area contributed by atoms with E-state index in [0.29, 0.717) is 11.9 Å². The first-order valence-corrected chi connectivity index (χ1v) is 7.21. The Hall–Kier alpha value is -0.570. The number of carbonyl (C=O) groups excluding carboxylic acids is 1. The molecule has 17 heavy (non-hydrogen) atoms. The van der Waals surface area contributed by atoms with Gasteiger partial charge in [-0.25, -0.2) is 0 Å². The molecule has 0 aromatic heterocycles. The van der Waals surface area contributed by atoms with Crippen LogP contribution in [0, 0.1) is 17.8 Å². The number of hydrogen-bond donors (Lipinski definition) is 1. The summed E-state index contributed by atoms with van der Waals surface area (Å²) >= 11 is 0. The number of carbonyl (C=O) groups is 1. The molecule has 1 aliphatic heterocycles. The monoisotopic (exact) mass is 236 g/mol. The van der Waals surface area contributed by atoms with Crippen LogP contribution >= 0.6 is 0 Å². The molecule has 1 saturated heterocycles. The number of nitrogens with zero attached hydrogens (tertiary/aromatic N) is 1. The third-order valence-corrected chi connectivity index (χ3v) is 5.06. The van der Waals surface area contributed by atoms with Crippen LogP contribution in [0.5, 0.6) is 0 Å². The van der Waals surface area contributed by atoms with Crippen LogP contribution in [0.15, 0.2) is 0 Å². The van der Waals surface area contributed by atoms with E-state index in [0.717, 1.165) is 31.3 Å². The second-order valence-corrected chi connectivity index (χ2v) is 6.39. The van der Waals surface area contributed by atoms with E-state index in [1.54, 1.807) is 0 Å². The molecule has 96 valence electrons. The van der Waals surface area contributed by atoms with Crippen LogP contribution in [0.4, 0.5) is 0 Å². The summed E-state index contributed by atoms with van der Waals surface area (Å²) in [6.07, 6.45) is 7.63. The molecular weight excluding hydrogens is 212 g/mol. The molecule has 1 heterocycles. The molecule has 3 nitrogen and oxygen atoms in total. The minimum Gasteiger partial charge on any atom is -0.353 e. The predicted molar refractivity (Wildman–Crippen MR) is 67.6 cm³/mol. The van der Waals surface area contributed by atoms with Crippen LogP contribution in [-0.2, 0) is 4.79 Å². The summed E-state index contributed by atoms with van der Waals surface area (Å²) in [6, 6.07) is 0.508. The van der Waals surface area contributed by atoms with Gasteiger partial charge in [-0.2, -0.15) is 0 Å². The molecule has 1 N–H and O–H groups in total. The van der Waals surface area contributed by atoms with Gasteiger partial charge in [-0.05, 0) is 57.5 Å². The average molecular weight is 236 g/mol. The van der Waals surface area contributed by atoms with E-state index < -0.39 is 0 Å². The molecule has 0 aromatic rings. The van der Waals surface area contributed by atoms with Gasteiger partial charge >= 0.3 is 0 Å². The summed E-state index contributed by atoms with van der Waals surface area (Å²) in [6.45, 7) is 2.10. The van der Waals surface area contributed by atoms with E-state index in [9.17, 15) is 4.79 Å². The van der Waals surface area contributed by atoms with Crippen molar-refractivity contribution in [1.29, 1.82) is 0 Å². The maximum absolute atomic E-state index is 12.2. The van der Waals surface area contributed by atoms with Crippen molar-refractivity contribution in [3.8, 4) is 0 Å². The molecule has 0 radical (unpaired) electrons. The molecule has 2 saturated carbocycles. The van der Waals surface area contributed by atoms with Crippen LogP contribution in [0.25, 0.3) is 0 Å². The first-order chi connectivity index (χ1) is 8.22. The fourth-order valence-electron chi connectivity index (χ4n) is 4.10. The average Bonchev–Trinajstić information content (AvgIpc) is 2.91. The van der Waals surface area contributed by atoms with Crippen molar-refractivity contribution in [2.45, 2.75) is 44.6 Å². The van der Waals surface area contributed by atoms with Gasteiger partial charge in [-0.1, -0.05) is 6.42 Å². The number of rotatable bonds is 2. The largest absolute Gasteiger partial charge is 0.353 e. The first-order valence-electron chi connectivity index (χ1n) is 7.21. The Morgan fingerprint density at radius 2 is 2.12 bits per heavy atom. The minimum absolute atomic E-state index is 0.243. The highest BCUT2D eigenvalue weighted by Gasteiger charge is 2.40. The van der Waals surface area contributed by atoms with Crippen LogP contribution in [-0.4, -0.2) is 37.0 Å². The summed E-state index contributed by atoms with van der Waals surface area (Å²) in [5.74, 6) is 2.28. The summed E-state index contributed by atoms with van der Waals surface area (Å²) < 4.78 is 0. The summed E-state index contributed by atoms with van der Waals surface area (Å²) in [5.41, 5.74) is 0. The van der Waals surface area contributed by atoms with E-state index in [2.05, 4.69) is 17.3 Å². The van der Waals surface area contributed by atoms with Crippen molar-refractivity contribution in [2.75, 3.05) is 20.1 Å². The smallest absolute Gasteiger partial charge is 0.224 e. The number of piperidine rings is 1. The zero-order valence-electron chi connectivity index (χ0n) is 10.8. The van der Waals surface area contributed by atoms with E-state index >= 15 is 0 Å². The van der Waals surface area contributed by atoms with Crippen molar-refractivity contribution in [2.24, 2.45) is 17.8 Å². The highest BCUT2D eigenvalue weighted by atomic mass is 16.2. The zero-order valence-corrected chi connectivity index (χ0v) is 10.8. The third kappa shape index (κ3) is 2.35. The van der Waals surface area contributed by atoms with Crippen molar-refractivity contribution >= 4 is 5.91 Å². The Kier molecular flexibility index (Phi) is 3.12. The number of nitrogens with one attached hydrogen (secondary N) is 1. The lowest BCUT2D eigenvalue weighted by atomic mass is 9.93. The maximum Gasteiger partial charge on any atom is 0.224 e. The van der Waals surface area contributed by atoms with Crippen molar-refractivity contribution in [3.05, 3.63) is 0 Å². The lowest BCUT2D eigenvalue weighted by molar-refractivity contribution is -0.127. The lowest BCUT2D eigenvalue weighted by Gasteiger charge is -2.31. The van der Waals surface area contributed by atoms with E-state index in [1.807, 2.05) is 0 Å². The molecule has 0 spiro atoms. The fraction of sp³-hybridized carbons (Fsp3) is 0.929. The van der Waals surface area contributed by atoms with E-state index in [1.165, 1.54) is 32.1 Å². The molecule has 4 atom stereocenters. The Morgan fingerprint density at radius 3 is 2.76 bits per heavy atom. The van der Waals surface area contributed by atoms with Crippen LogP contribution < -0.4 is 5.32 Å². The highest BCUT2D eigenvalue weighted by molar-refractivity contribution is 5.79. The molecule has 2 bridgehead atoms. The van der Waals surface area contributed by atoms with E-state index in [4.69, 9.17) is 0 Å². The Balaban J connectivity index is 1.53. The zero-order chi connectivity index (χ0) is 11.8. The molecule has 3 heteroatoms. The second-order valence-electron chi connectivity index (χ2n) is 6.39. The number of likely N-dealkylation sites (tertiary alicyclic amines) is 1. The summed E-state index contributed by atoms with van der Waals surface area (Å²) in [4.78, 5) is 14.5. The van der Waals surface area contributed by atoms with Gasteiger partial charge < -0.3 is 10.2 Å². The van der Waals surface area contributed by atoms with Crippen molar-refractivity contribution in [1.82, 2.24) is 10.2 Å². The summed E-state index contributed by atoms with van der Waals surface area (Å²) in [7, 11) is 2.12. The van der Waals surface area contributed by atoms with Gasteiger partial charge in [-0.15, -0.1) is 0 Å². The molecule has 0 aromatic carbocycles. The van der Waals surface area contributed by atoms with Gasteiger partial charge in [0.1, 0.15) is 0 Å². The molecular formula is C14H24N2O. The topological polar surface area (TPSA) is 32.3 Å². The maximum atomic E-state index is 12.2. The third-order valence-electron chi connectivity index (χ3n) is 5.06. The Bertz CT molecular complexity index is 305. The number of hydrogen-bond acceptors (Lipinski definition) is 2.